The van der Waals surface area contributed by atoms with Gasteiger partial charge in [0.15, 0.2) is 5.78 Å². The van der Waals surface area contributed by atoms with Gasteiger partial charge in [0, 0.05) is 29.0 Å². The molecule has 1 saturated carbocycles. The van der Waals surface area contributed by atoms with Gasteiger partial charge >= 0.3 is 0 Å². The molecule has 27 heavy (non-hydrogen) atoms. The van der Waals surface area contributed by atoms with Crippen LogP contribution in [0.2, 0.25) is 0 Å². The van der Waals surface area contributed by atoms with E-state index in [1.165, 1.54) is 44.9 Å². The largest absolute Gasteiger partial charge is 0.317 e. The minimum Gasteiger partial charge on any atom is -0.317 e. The highest BCUT2D eigenvalue weighted by Gasteiger charge is 2.21. The minimum atomic E-state index is 0. The number of nitrogens with zero attached hydrogens (tertiary/aromatic N) is 1. The van der Waals surface area contributed by atoms with E-state index in [0.717, 1.165) is 41.7 Å². The number of piperidine rings is 1. The zero-order chi connectivity index (χ0) is 17.8. The standard InChI is InChI=1S/C23H30N2O.ClH/c26-23(11-10-17-12-14-24-15-13-17)20-16-22(18-6-2-1-3-7-18)25-21-9-5-4-8-19(20)21;/h4-5,8-9,16-18,24H,1-3,6-7,10-15H2;1H. The normalized spacial score (nSPS) is 19.0. The Labute approximate surface area is 168 Å². The van der Waals surface area contributed by atoms with Crippen LogP contribution in [0.25, 0.3) is 10.9 Å². The van der Waals surface area contributed by atoms with Gasteiger partial charge in [0.05, 0.1) is 5.52 Å². The Morgan fingerprint density at radius 1 is 1.04 bits per heavy atom. The first-order valence-corrected chi connectivity index (χ1v) is 10.4. The second-order valence-corrected chi connectivity index (χ2v) is 8.10. The highest BCUT2D eigenvalue weighted by Crippen LogP contribution is 2.34. The Balaban J connectivity index is 0.00000210. The lowest BCUT2D eigenvalue weighted by Gasteiger charge is -2.23. The van der Waals surface area contributed by atoms with Gasteiger partial charge in [-0.25, -0.2) is 0 Å². The molecule has 4 rings (SSSR count). The number of hydrogen-bond donors (Lipinski definition) is 1. The van der Waals surface area contributed by atoms with Crippen molar-refractivity contribution in [1.29, 1.82) is 0 Å². The zero-order valence-corrected chi connectivity index (χ0v) is 16.9. The quantitative estimate of drug-likeness (QED) is 0.673. The summed E-state index contributed by atoms with van der Waals surface area (Å²) in [4.78, 5) is 18.0. The molecule has 0 spiro atoms. The van der Waals surface area contributed by atoms with Crippen molar-refractivity contribution in [2.24, 2.45) is 5.92 Å². The van der Waals surface area contributed by atoms with Crippen molar-refractivity contribution in [3.05, 3.63) is 41.6 Å². The van der Waals surface area contributed by atoms with Crippen molar-refractivity contribution in [2.75, 3.05) is 13.1 Å². The van der Waals surface area contributed by atoms with E-state index in [-0.39, 0.29) is 12.4 Å². The highest BCUT2D eigenvalue weighted by atomic mass is 35.5. The van der Waals surface area contributed by atoms with Crippen LogP contribution in [0, 0.1) is 5.92 Å². The second kappa shape index (κ2) is 9.66. The van der Waals surface area contributed by atoms with E-state index in [1.54, 1.807) is 0 Å². The summed E-state index contributed by atoms with van der Waals surface area (Å²) in [6, 6.07) is 10.3. The lowest BCUT2D eigenvalue weighted by atomic mass is 9.85. The van der Waals surface area contributed by atoms with E-state index in [4.69, 9.17) is 4.98 Å². The third-order valence-electron chi connectivity index (χ3n) is 6.30. The number of hydrogen-bond acceptors (Lipinski definition) is 3. The molecular weight excluding hydrogens is 356 g/mol. The van der Waals surface area contributed by atoms with Crippen LogP contribution < -0.4 is 5.32 Å². The van der Waals surface area contributed by atoms with Gasteiger partial charge in [0.2, 0.25) is 0 Å². The smallest absolute Gasteiger partial charge is 0.163 e. The number of carbonyl (C=O) groups is 1. The summed E-state index contributed by atoms with van der Waals surface area (Å²) in [7, 11) is 0. The van der Waals surface area contributed by atoms with E-state index < -0.39 is 0 Å². The molecule has 146 valence electrons. The highest BCUT2D eigenvalue weighted by molar-refractivity contribution is 6.07. The molecule has 1 N–H and O–H groups in total. The molecule has 1 aromatic heterocycles. The number of benzene rings is 1. The Hall–Kier alpha value is -1.45. The Morgan fingerprint density at radius 2 is 1.78 bits per heavy atom. The number of pyridine rings is 1. The molecule has 0 atom stereocenters. The molecule has 1 aliphatic carbocycles. The number of aromatic nitrogens is 1. The van der Waals surface area contributed by atoms with E-state index >= 15 is 0 Å². The van der Waals surface area contributed by atoms with Crippen LogP contribution in [0.5, 0.6) is 0 Å². The van der Waals surface area contributed by atoms with Crippen LogP contribution in [0.15, 0.2) is 30.3 Å². The topological polar surface area (TPSA) is 42.0 Å². The third kappa shape index (κ3) is 4.89. The number of para-hydroxylation sites is 1. The number of ketones is 1. The number of carbonyl (C=O) groups excluding carboxylic acids is 1. The number of Topliss-reactive ketones (excluding diaryl/α,β-unsaturated/α-hetero) is 1. The molecular formula is C23H31ClN2O. The van der Waals surface area contributed by atoms with Crippen LogP contribution in [0.3, 0.4) is 0 Å². The predicted molar refractivity (Wildman–Crippen MR) is 114 cm³/mol. The van der Waals surface area contributed by atoms with Crippen LogP contribution in [-0.4, -0.2) is 23.9 Å². The molecule has 4 heteroatoms. The molecule has 2 aliphatic rings. The van der Waals surface area contributed by atoms with Crippen LogP contribution in [0.1, 0.15) is 79.8 Å². The van der Waals surface area contributed by atoms with Crippen molar-refractivity contribution >= 4 is 29.1 Å². The maximum absolute atomic E-state index is 13.1. The van der Waals surface area contributed by atoms with Crippen LogP contribution in [0.4, 0.5) is 0 Å². The molecule has 3 nitrogen and oxygen atoms in total. The Kier molecular flexibility index (Phi) is 7.26. The van der Waals surface area contributed by atoms with Crippen LogP contribution in [-0.2, 0) is 0 Å². The van der Waals surface area contributed by atoms with E-state index in [9.17, 15) is 4.79 Å². The summed E-state index contributed by atoms with van der Waals surface area (Å²) in [6.07, 6.45) is 10.5. The SMILES string of the molecule is Cl.O=C(CCC1CCNCC1)c1cc(C2CCCCC2)nc2ccccc12. The van der Waals surface area contributed by atoms with Gasteiger partial charge in [0.25, 0.3) is 0 Å². The average molecular weight is 387 g/mol. The molecule has 1 aromatic carbocycles. The fourth-order valence-corrected chi connectivity index (χ4v) is 4.67. The van der Waals surface area contributed by atoms with E-state index in [2.05, 4.69) is 23.5 Å². The maximum atomic E-state index is 13.1. The third-order valence-corrected chi connectivity index (χ3v) is 6.30. The number of rotatable bonds is 5. The van der Waals surface area contributed by atoms with Crippen molar-refractivity contribution in [3.8, 4) is 0 Å². The average Bonchev–Trinajstić information content (AvgIpc) is 2.72. The molecule has 1 saturated heterocycles. The monoisotopic (exact) mass is 386 g/mol. The Morgan fingerprint density at radius 3 is 2.56 bits per heavy atom. The zero-order valence-electron chi connectivity index (χ0n) is 16.1. The van der Waals surface area contributed by atoms with Gasteiger partial charge in [-0.2, -0.15) is 0 Å². The van der Waals surface area contributed by atoms with Gasteiger partial charge in [-0.05, 0) is 63.2 Å². The predicted octanol–water partition coefficient (Wildman–Crippen LogP) is 5.67. The van der Waals surface area contributed by atoms with Crippen molar-refractivity contribution in [3.63, 3.8) is 0 Å². The van der Waals surface area contributed by atoms with Gasteiger partial charge < -0.3 is 5.32 Å². The summed E-state index contributed by atoms with van der Waals surface area (Å²) in [5.74, 6) is 1.54. The molecule has 0 amide bonds. The molecule has 2 aromatic rings. The van der Waals surface area contributed by atoms with Gasteiger partial charge in [0.1, 0.15) is 0 Å². The molecule has 2 fully saturated rings. The molecule has 1 aliphatic heterocycles. The summed E-state index contributed by atoms with van der Waals surface area (Å²) in [5.41, 5.74) is 3.04. The fourth-order valence-electron chi connectivity index (χ4n) is 4.67. The summed E-state index contributed by atoms with van der Waals surface area (Å²) < 4.78 is 0. The van der Waals surface area contributed by atoms with E-state index in [1.807, 2.05) is 12.1 Å². The van der Waals surface area contributed by atoms with Gasteiger partial charge in [-0.15, -0.1) is 12.4 Å². The number of halogens is 1. The lowest BCUT2D eigenvalue weighted by molar-refractivity contribution is 0.0972. The first-order chi connectivity index (χ1) is 12.8. The molecule has 0 radical (unpaired) electrons. The molecule has 0 unspecified atom stereocenters. The van der Waals surface area contributed by atoms with Gasteiger partial charge in [-0.3, -0.25) is 9.78 Å². The number of nitrogens with one attached hydrogen (secondary N) is 1. The second-order valence-electron chi connectivity index (χ2n) is 8.10. The molecule has 0 bridgehead atoms. The summed E-state index contributed by atoms with van der Waals surface area (Å²) in [6.45, 7) is 2.20. The van der Waals surface area contributed by atoms with Crippen LogP contribution >= 0.6 is 12.4 Å². The number of fused-ring (bicyclic) bond motifs is 1. The summed E-state index contributed by atoms with van der Waals surface area (Å²) in [5, 5.41) is 4.44. The minimum absolute atomic E-state index is 0. The van der Waals surface area contributed by atoms with Crippen molar-refractivity contribution < 1.29 is 4.79 Å². The van der Waals surface area contributed by atoms with Crippen molar-refractivity contribution in [1.82, 2.24) is 10.3 Å². The summed E-state index contributed by atoms with van der Waals surface area (Å²) >= 11 is 0. The fraction of sp³-hybridized carbons (Fsp3) is 0.565. The maximum Gasteiger partial charge on any atom is 0.163 e. The van der Waals surface area contributed by atoms with E-state index in [0.29, 0.717) is 24.0 Å². The molecule has 2 heterocycles. The Bertz CT molecular complexity index is 764. The first kappa shape index (κ1) is 20.3. The lowest BCUT2D eigenvalue weighted by Crippen LogP contribution is -2.28. The van der Waals surface area contributed by atoms with Gasteiger partial charge in [-0.1, -0.05) is 37.5 Å². The van der Waals surface area contributed by atoms with Crippen molar-refractivity contribution in [2.45, 2.75) is 63.7 Å². The first-order valence-electron chi connectivity index (χ1n) is 10.4.